The monoisotopic (exact) mass is 509 g/mol. The molecule has 2 atom stereocenters. The Morgan fingerprint density at radius 2 is 1.51 bits per heavy atom. The number of fused-ring (bicyclic) bond motifs is 1. The highest BCUT2D eigenvalue weighted by Crippen LogP contribution is 2.53. The van der Waals surface area contributed by atoms with Gasteiger partial charge in [-0.3, -0.25) is 19.3 Å². The zero-order valence-electron chi connectivity index (χ0n) is 20.4. The highest BCUT2D eigenvalue weighted by atomic mass is 35.5. The number of likely N-dealkylation sites (tertiary alicyclic amines) is 1. The third-order valence-corrected chi connectivity index (χ3v) is 8.02. The molecule has 0 amide bonds. The zero-order chi connectivity index (χ0) is 25.9. The number of Topliss-reactive ketones (excluding diaryl/α,β-unsaturated/α-hetero) is 3. The van der Waals surface area contributed by atoms with Gasteiger partial charge in [0.05, 0.1) is 5.92 Å². The van der Waals surface area contributed by atoms with E-state index in [4.69, 9.17) is 16.0 Å². The van der Waals surface area contributed by atoms with Crippen molar-refractivity contribution in [3.05, 3.63) is 118 Å². The van der Waals surface area contributed by atoms with Crippen LogP contribution in [-0.2, 0) is 0 Å². The molecule has 1 aliphatic heterocycles. The van der Waals surface area contributed by atoms with Gasteiger partial charge in [0, 0.05) is 39.7 Å². The van der Waals surface area contributed by atoms with Crippen LogP contribution in [0.3, 0.4) is 0 Å². The largest absolute Gasteiger partial charge is 0.461 e. The van der Waals surface area contributed by atoms with Crippen molar-refractivity contribution in [2.75, 3.05) is 13.6 Å². The molecule has 0 saturated carbocycles. The van der Waals surface area contributed by atoms with Crippen LogP contribution in [0, 0.1) is 12.8 Å². The van der Waals surface area contributed by atoms with E-state index in [1.165, 1.54) is 0 Å². The lowest BCUT2D eigenvalue weighted by molar-refractivity contribution is 0.0594. The molecule has 3 aromatic carbocycles. The summed E-state index contributed by atoms with van der Waals surface area (Å²) in [7, 11) is 1.75. The summed E-state index contributed by atoms with van der Waals surface area (Å²) in [5.41, 5.74) is 1.62. The van der Waals surface area contributed by atoms with Gasteiger partial charge in [-0.25, -0.2) is 0 Å². The first-order valence-electron chi connectivity index (χ1n) is 12.2. The number of carbonyl (C=O) groups excluding carboxylic acids is 3. The summed E-state index contributed by atoms with van der Waals surface area (Å²) in [6.07, 6.45) is 0. The van der Waals surface area contributed by atoms with Gasteiger partial charge in [-0.05, 0) is 50.4 Å². The van der Waals surface area contributed by atoms with Gasteiger partial charge in [0.15, 0.2) is 22.9 Å². The highest BCUT2D eigenvalue weighted by molar-refractivity contribution is 6.34. The predicted molar refractivity (Wildman–Crippen MR) is 141 cm³/mol. The van der Waals surface area contributed by atoms with Gasteiger partial charge in [0.25, 0.3) is 0 Å². The minimum atomic E-state index is -1.55. The first kappa shape index (κ1) is 23.6. The number of benzene rings is 3. The lowest BCUT2D eigenvalue weighted by atomic mass is 9.73. The molecular formula is C31H24ClNO4. The lowest BCUT2D eigenvalue weighted by Crippen LogP contribution is -2.54. The fourth-order valence-electron chi connectivity index (χ4n) is 5.95. The second-order valence-corrected chi connectivity index (χ2v) is 10.3. The van der Waals surface area contributed by atoms with Gasteiger partial charge in [-0.2, -0.15) is 0 Å². The maximum Gasteiger partial charge on any atom is 0.192 e. The number of hydrogen-bond acceptors (Lipinski definition) is 5. The van der Waals surface area contributed by atoms with Crippen molar-refractivity contribution in [1.82, 2.24) is 4.90 Å². The molecule has 1 fully saturated rings. The van der Waals surface area contributed by atoms with Crippen LogP contribution < -0.4 is 0 Å². The molecule has 0 radical (unpaired) electrons. The summed E-state index contributed by atoms with van der Waals surface area (Å²) in [4.78, 5) is 43.8. The molecule has 1 spiro atoms. The number of halogens is 1. The second-order valence-electron chi connectivity index (χ2n) is 9.87. The fraction of sp³-hybridized carbons (Fsp3) is 0.194. The van der Waals surface area contributed by atoms with Crippen LogP contribution in [0.15, 0.2) is 89.3 Å². The topological polar surface area (TPSA) is 67.6 Å². The average Bonchev–Trinajstić information content (AvgIpc) is 3.56. The Hall–Kier alpha value is -3.80. The van der Waals surface area contributed by atoms with Crippen LogP contribution >= 0.6 is 11.6 Å². The second kappa shape index (κ2) is 8.65. The molecule has 2 aliphatic rings. The quantitative estimate of drug-likeness (QED) is 0.240. The SMILES string of the molecule is Cc1ccc(C(=O)[C@H]2CN(C)C3(C(=O)c4ccccc4C3=O)[C@@H]2c2ccc(-c3ccc(Cl)cc3)o2)cc1. The lowest BCUT2D eigenvalue weighted by Gasteiger charge is -2.33. The standard InChI is InChI=1S/C31H24ClNO4/c1-18-7-9-20(10-8-18)28(34)24-17-33(2)31(29(35)22-5-3-4-6-23(22)30(31)36)27(24)26-16-15-25(37-26)19-11-13-21(32)14-12-19/h3-16,24,27H,17H2,1-2H3/t24-,27-/m0/s1. The molecule has 6 rings (SSSR count). The van der Waals surface area contributed by atoms with Crippen LogP contribution in [-0.4, -0.2) is 41.4 Å². The van der Waals surface area contributed by atoms with E-state index in [-0.39, 0.29) is 23.9 Å². The van der Waals surface area contributed by atoms with E-state index in [2.05, 4.69) is 0 Å². The van der Waals surface area contributed by atoms with Gasteiger partial charge in [0.1, 0.15) is 11.5 Å². The van der Waals surface area contributed by atoms with E-state index in [0.717, 1.165) is 11.1 Å². The molecule has 1 aliphatic carbocycles. The van der Waals surface area contributed by atoms with Gasteiger partial charge in [-0.1, -0.05) is 65.7 Å². The smallest absolute Gasteiger partial charge is 0.192 e. The van der Waals surface area contributed by atoms with Gasteiger partial charge in [-0.15, -0.1) is 0 Å². The molecule has 37 heavy (non-hydrogen) atoms. The molecule has 5 nitrogen and oxygen atoms in total. The summed E-state index contributed by atoms with van der Waals surface area (Å²) in [6, 6.07) is 25.1. The van der Waals surface area contributed by atoms with Crippen molar-refractivity contribution in [2.24, 2.45) is 5.92 Å². The maximum absolute atomic E-state index is 14.1. The molecule has 4 aromatic rings. The Labute approximate surface area is 219 Å². The molecule has 0 unspecified atom stereocenters. The molecule has 0 bridgehead atoms. The first-order chi connectivity index (χ1) is 17.8. The molecule has 0 N–H and O–H groups in total. The Balaban J connectivity index is 1.51. The van der Waals surface area contributed by atoms with E-state index in [1.54, 1.807) is 66.5 Å². The van der Waals surface area contributed by atoms with E-state index in [1.807, 2.05) is 37.3 Å². The van der Waals surface area contributed by atoms with E-state index >= 15 is 0 Å². The maximum atomic E-state index is 14.1. The number of furan rings is 1. The number of hydrogen-bond donors (Lipinski definition) is 0. The number of nitrogens with zero attached hydrogens (tertiary/aromatic N) is 1. The van der Waals surface area contributed by atoms with Crippen molar-refractivity contribution in [2.45, 2.75) is 18.4 Å². The Bertz CT molecular complexity index is 1520. The van der Waals surface area contributed by atoms with Crippen molar-refractivity contribution in [3.63, 3.8) is 0 Å². The van der Waals surface area contributed by atoms with Gasteiger partial charge < -0.3 is 4.42 Å². The number of likely N-dealkylation sites (N-methyl/N-ethyl adjacent to an activating group) is 1. The summed E-state index contributed by atoms with van der Waals surface area (Å²) < 4.78 is 6.33. The van der Waals surface area contributed by atoms with Crippen LogP contribution in [0.25, 0.3) is 11.3 Å². The normalized spacial score (nSPS) is 20.5. The zero-order valence-corrected chi connectivity index (χ0v) is 21.2. The molecule has 1 aromatic heterocycles. The molecule has 1 saturated heterocycles. The Morgan fingerprint density at radius 3 is 2.14 bits per heavy atom. The predicted octanol–water partition coefficient (Wildman–Crippen LogP) is 6.25. The molecular weight excluding hydrogens is 486 g/mol. The van der Waals surface area contributed by atoms with Gasteiger partial charge >= 0.3 is 0 Å². The number of carbonyl (C=O) groups is 3. The summed E-state index contributed by atoms with van der Waals surface area (Å²) in [5, 5.41) is 0.607. The fourth-order valence-corrected chi connectivity index (χ4v) is 6.08. The van der Waals surface area contributed by atoms with Crippen molar-refractivity contribution >= 4 is 29.0 Å². The third kappa shape index (κ3) is 3.45. The third-order valence-electron chi connectivity index (χ3n) is 7.77. The summed E-state index contributed by atoms with van der Waals surface area (Å²) >= 11 is 6.06. The van der Waals surface area contributed by atoms with Crippen molar-refractivity contribution in [3.8, 4) is 11.3 Å². The van der Waals surface area contributed by atoms with Crippen LogP contribution in [0.4, 0.5) is 0 Å². The number of rotatable bonds is 4. The molecule has 6 heteroatoms. The number of aryl methyl sites for hydroxylation is 1. The van der Waals surface area contributed by atoms with Crippen molar-refractivity contribution in [1.29, 1.82) is 0 Å². The van der Waals surface area contributed by atoms with Crippen LogP contribution in [0.2, 0.25) is 5.02 Å². The summed E-state index contributed by atoms with van der Waals surface area (Å²) in [6.45, 7) is 2.21. The summed E-state index contributed by atoms with van der Waals surface area (Å²) in [5.74, 6) is -1.12. The minimum Gasteiger partial charge on any atom is -0.461 e. The van der Waals surface area contributed by atoms with E-state index in [9.17, 15) is 14.4 Å². The van der Waals surface area contributed by atoms with Crippen LogP contribution in [0.5, 0.6) is 0 Å². The molecule has 184 valence electrons. The van der Waals surface area contributed by atoms with Crippen molar-refractivity contribution < 1.29 is 18.8 Å². The molecule has 2 heterocycles. The van der Waals surface area contributed by atoms with Crippen LogP contribution in [0.1, 0.15) is 48.3 Å². The number of ketones is 3. The first-order valence-corrected chi connectivity index (χ1v) is 12.6. The Morgan fingerprint density at radius 1 is 0.892 bits per heavy atom. The minimum absolute atomic E-state index is 0.116. The van der Waals surface area contributed by atoms with E-state index < -0.39 is 17.4 Å². The average molecular weight is 510 g/mol. The Kier molecular flexibility index (Phi) is 5.51. The van der Waals surface area contributed by atoms with E-state index in [0.29, 0.717) is 33.2 Å². The van der Waals surface area contributed by atoms with Gasteiger partial charge in [0.2, 0.25) is 0 Å². The highest BCUT2D eigenvalue weighted by Gasteiger charge is 2.68.